The van der Waals surface area contributed by atoms with Gasteiger partial charge in [-0.2, -0.15) is 0 Å². The molecule has 0 saturated carbocycles. The van der Waals surface area contributed by atoms with Gasteiger partial charge in [-0.15, -0.1) is 0 Å². The number of methoxy groups -OCH3 is 1. The van der Waals surface area contributed by atoms with Gasteiger partial charge in [0.05, 0.1) is 6.61 Å². The molecule has 132 valence electrons. The van der Waals surface area contributed by atoms with Gasteiger partial charge in [0.15, 0.2) is 5.41 Å². The lowest BCUT2D eigenvalue weighted by Crippen LogP contribution is -2.41. The van der Waals surface area contributed by atoms with E-state index in [0.29, 0.717) is 27.6 Å². The average molecular weight is 365 g/mol. The number of hydrogen-bond donors (Lipinski definition) is 2. The molecule has 1 atom stereocenters. The molecule has 0 saturated heterocycles. The molecule has 1 unspecified atom stereocenters. The molecule has 1 aliphatic heterocycles. The van der Waals surface area contributed by atoms with Gasteiger partial charge in [0.2, 0.25) is 0 Å². The minimum absolute atomic E-state index is 0.00688. The van der Waals surface area contributed by atoms with Crippen molar-refractivity contribution in [2.75, 3.05) is 20.3 Å². The molecule has 2 N–H and O–H groups in total. The van der Waals surface area contributed by atoms with E-state index in [1.165, 1.54) is 13.2 Å². The Morgan fingerprint density at radius 2 is 2.12 bits per heavy atom. The van der Waals surface area contributed by atoms with Crippen molar-refractivity contribution < 1.29 is 29.2 Å². The number of carboxylic acids is 1. The van der Waals surface area contributed by atoms with Crippen LogP contribution in [0.15, 0.2) is 36.4 Å². The van der Waals surface area contributed by atoms with Crippen molar-refractivity contribution in [3.05, 3.63) is 52.5 Å². The summed E-state index contributed by atoms with van der Waals surface area (Å²) in [5, 5.41) is 19.9. The van der Waals surface area contributed by atoms with Crippen LogP contribution in [0.1, 0.15) is 11.1 Å². The van der Waals surface area contributed by atoms with Crippen LogP contribution in [0.5, 0.6) is 17.2 Å². The molecular weight excluding hydrogens is 348 g/mol. The van der Waals surface area contributed by atoms with Gasteiger partial charge >= 0.3 is 5.97 Å². The summed E-state index contributed by atoms with van der Waals surface area (Å²) < 4.78 is 16.3. The summed E-state index contributed by atoms with van der Waals surface area (Å²) in [6, 6.07) is 9.77. The number of fused-ring (bicyclic) bond motifs is 1. The fourth-order valence-corrected chi connectivity index (χ4v) is 2.98. The van der Waals surface area contributed by atoms with E-state index in [-0.39, 0.29) is 25.6 Å². The van der Waals surface area contributed by atoms with E-state index in [4.69, 9.17) is 25.8 Å². The summed E-state index contributed by atoms with van der Waals surface area (Å²) in [7, 11) is 1.46. The lowest BCUT2D eigenvalue weighted by molar-refractivity contribution is -0.146. The van der Waals surface area contributed by atoms with Gasteiger partial charge in [-0.05, 0) is 18.2 Å². The largest absolute Gasteiger partial charge is 0.507 e. The molecule has 25 heavy (non-hydrogen) atoms. The number of phenolic OH excluding ortho intramolecular Hbond substituents is 1. The average Bonchev–Trinajstić information content (AvgIpc) is 2.94. The number of aliphatic carboxylic acids is 1. The third-order valence-electron chi connectivity index (χ3n) is 4.18. The zero-order valence-corrected chi connectivity index (χ0v) is 14.2. The Bertz CT molecular complexity index is 806. The summed E-state index contributed by atoms with van der Waals surface area (Å²) in [5.74, 6) is 0.0201. The minimum Gasteiger partial charge on any atom is -0.507 e. The number of halogens is 1. The van der Waals surface area contributed by atoms with Crippen molar-refractivity contribution in [3.63, 3.8) is 0 Å². The maximum absolute atomic E-state index is 11.7. The third-order valence-corrected chi connectivity index (χ3v) is 4.42. The van der Waals surface area contributed by atoms with Crippen LogP contribution in [0.25, 0.3) is 0 Å². The van der Waals surface area contributed by atoms with Gasteiger partial charge in [-0.25, -0.2) is 0 Å². The van der Waals surface area contributed by atoms with Gasteiger partial charge in [0.25, 0.3) is 0 Å². The third kappa shape index (κ3) is 3.23. The van der Waals surface area contributed by atoms with Crippen molar-refractivity contribution in [1.82, 2.24) is 0 Å². The van der Waals surface area contributed by atoms with Gasteiger partial charge in [-0.1, -0.05) is 23.7 Å². The van der Waals surface area contributed by atoms with Crippen LogP contribution >= 0.6 is 11.6 Å². The normalized spacial score (nSPS) is 18.5. The van der Waals surface area contributed by atoms with E-state index in [1.807, 2.05) is 0 Å². The van der Waals surface area contributed by atoms with E-state index in [9.17, 15) is 15.0 Å². The van der Waals surface area contributed by atoms with Crippen molar-refractivity contribution in [2.24, 2.45) is 0 Å². The minimum atomic E-state index is -1.21. The topological polar surface area (TPSA) is 85.2 Å². The molecule has 0 amide bonds. The lowest BCUT2D eigenvalue weighted by Gasteiger charge is -2.21. The van der Waals surface area contributed by atoms with E-state index in [1.54, 1.807) is 30.3 Å². The SMILES string of the molecule is COCC1(C(=O)O)COc2cc(OCc3ccc(Cl)cc3O)ccc21. The second kappa shape index (κ2) is 6.82. The Hall–Kier alpha value is -2.44. The molecule has 0 aliphatic carbocycles. The number of aromatic hydroxyl groups is 1. The highest BCUT2D eigenvalue weighted by Crippen LogP contribution is 2.41. The number of carboxylic acid groups (broad SMARTS) is 1. The fourth-order valence-electron chi connectivity index (χ4n) is 2.81. The standard InChI is InChI=1S/C18H17ClO6/c1-23-9-18(17(21)22)10-25-16-7-13(4-5-14(16)18)24-8-11-2-3-12(19)6-15(11)20/h2-7,20H,8-10H2,1H3,(H,21,22). The molecular formula is C18H17ClO6. The van der Waals surface area contributed by atoms with E-state index >= 15 is 0 Å². The van der Waals surface area contributed by atoms with Crippen LogP contribution in [0.2, 0.25) is 5.02 Å². The van der Waals surface area contributed by atoms with Crippen LogP contribution in [0.4, 0.5) is 0 Å². The Labute approximate surface area is 149 Å². The van der Waals surface area contributed by atoms with Crippen LogP contribution < -0.4 is 9.47 Å². The molecule has 2 aromatic rings. The summed E-state index contributed by atoms with van der Waals surface area (Å²) in [5.41, 5.74) is -0.0644. The predicted octanol–water partition coefficient (Wildman–Crippen LogP) is 2.99. The van der Waals surface area contributed by atoms with Gasteiger partial charge in [0.1, 0.15) is 30.5 Å². The first kappa shape index (κ1) is 17.4. The lowest BCUT2D eigenvalue weighted by atomic mass is 9.83. The molecule has 0 spiro atoms. The second-order valence-electron chi connectivity index (χ2n) is 5.83. The Morgan fingerprint density at radius 1 is 1.32 bits per heavy atom. The van der Waals surface area contributed by atoms with Crippen LogP contribution in [0.3, 0.4) is 0 Å². The molecule has 7 heteroatoms. The maximum atomic E-state index is 11.7. The first-order chi connectivity index (χ1) is 12.0. The first-order valence-electron chi connectivity index (χ1n) is 7.56. The molecule has 0 radical (unpaired) electrons. The Morgan fingerprint density at radius 3 is 2.80 bits per heavy atom. The Kier molecular flexibility index (Phi) is 4.74. The number of phenols is 1. The summed E-state index contributed by atoms with van der Waals surface area (Å²) >= 11 is 5.80. The molecule has 0 aromatic heterocycles. The zero-order valence-electron chi connectivity index (χ0n) is 13.5. The molecule has 1 aliphatic rings. The highest BCUT2D eigenvalue weighted by Gasteiger charge is 2.48. The van der Waals surface area contributed by atoms with Gasteiger partial charge in [-0.3, -0.25) is 4.79 Å². The number of rotatable bonds is 6. The highest BCUT2D eigenvalue weighted by molar-refractivity contribution is 6.30. The quantitative estimate of drug-likeness (QED) is 0.819. The Balaban J connectivity index is 1.79. The van der Waals surface area contributed by atoms with E-state index in [2.05, 4.69) is 0 Å². The smallest absolute Gasteiger partial charge is 0.320 e. The van der Waals surface area contributed by atoms with Crippen molar-refractivity contribution in [1.29, 1.82) is 0 Å². The van der Waals surface area contributed by atoms with Crippen LogP contribution in [-0.4, -0.2) is 36.5 Å². The predicted molar refractivity (Wildman–Crippen MR) is 90.6 cm³/mol. The monoisotopic (exact) mass is 364 g/mol. The number of hydrogen-bond acceptors (Lipinski definition) is 5. The summed E-state index contributed by atoms with van der Waals surface area (Å²) in [6.45, 7) is 0.172. The summed E-state index contributed by atoms with van der Waals surface area (Å²) in [4.78, 5) is 11.7. The zero-order chi connectivity index (χ0) is 18.0. The van der Waals surface area contributed by atoms with Crippen molar-refractivity contribution >= 4 is 17.6 Å². The van der Waals surface area contributed by atoms with E-state index in [0.717, 1.165) is 0 Å². The first-order valence-corrected chi connectivity index (χ1v) is 7.94. The number of carbonyl (C=O) groups is 1. The van der Waals surface area contributed by atoms with Crippen LogP contribution in [0, 0.1) is 0 Å². The molecule has 3 rings (SSSR count). The van der Waals surface area contributed by atoms with Gasteiger partial charge in [0, 0.05) is 29.3 Å². The number of ether oxygens (including phenoxy) is 3. The molecule has 6 nitrogen and oxygen atoms in total. The molecule has 1 heterocycles. The van der Waals surface area contributed by atoms with E-state index < -0.39 is 11.4 Å². The van der Waals surface area contributed by atoms with Crippen LogP contribution in [-0.2, 0) is 21.6 Å². The second-order valence-corrected chi connectivity index (χ2v) is 6.27. The molecule has 0 bridgehead atoms. The van der Waals surface area contributed by atoms with Crippen molar-refractivity contribution in [3.8, 4) is 17.2 Å². The van der Waals surface area contributed by atoms with Crippen molar-refractivity contribution in [2.45, 2.75) is 12.0 Å². The number of benzene rings is 2. The maximum Gasteiger partial charge on any atom is 0.320 e. The highest BCUT2D eigenvalue weighted by atomic mass is 35.5. The molecule has 0 fully saturated rings. The van der Waals surface area contributed by atoms with Gasteiger partial charge < -0.3 is 24.4 Å². The fraction of sp³-hybridized carbons (Fsp3) is 0.278. The summed E-state index contributed by atoms with van der Waals surface area (Å²) in [6.07, 6.45) is 0. The molecule has 2 aromatic carbocycles.